The maximum Gasteiger partial charge on any atom is 0.168 e. The van der Waals surface area contributed by atoms with Gasteiger partial charge < -0.3 is 9.47 Å². The minimum atomic E-state index is -0.204. The average Bonchev–Trinajstić information content (AvgIpc) is 2.58. The molecule has 1 aliphatic carbocycles. The summed E-state index contributed by atoms with van der Waals surface area (Å²) in [5.41, 5.74) is 0.820. The molecule has 1 heterocycles. The summed E-state index contributed by atoms with van der Waals surface area (Å²) in [6.45, 7) is 11.0. The largest absolute Gasteiger partial charge is 0.348 e. The Morgan fingerprint density at radius 2 is 1.33 bits per heavy atom. The first kappa shape index (κ1) is 11.4. The van der Waals surface area contributed by atoms with Crippen molar-refractivity contribution in [2.45, 2.75) is 59.2 Å². The molecule has 1 saturated heterocycles. The van der Waals surface area contributed by atoms with E-state index in [9.17, 15) is 0 Å². The van der Waals surface area contributed by atoms with Gasteiger partial charge in [0.25, 0.3) is 0 Å². The van der Waals surface area contributed by atoms with Gasteiger partial charge in [-0.2, -0.15) is 0 Å². The van der Waals surface area contributed by atoms with Gasteiger partial charge >= 0.3 is 0 Å². The molecule has 2 heteroatoms. The van der Waals surface area contributed by atoms with Crippen molar-refractivity contribution in [3.8, 4) is 0 Å². The van der Waals surface area contributed by atoms with Crippen LogP contribution in [0, 0.1) is 10.8 Å². The predicted octanol–water partition coefficient (Wildman–Crippen LogP) is 3.36. The summed E-state index contributed by atoms with van der Waals surface area (Å²) >= 11 is 0. The van der Waals surface area contributed by atoms with Crippen molar-refractivity contribution in [3.05, 3.63) is 0 Å². The molecule has 1 saturated carbocycles. The van der Waals surface area contributed by atoms with Crippen molar-refractivity contribution >= 4 is 0 Å². The number of ether oxygens (including phenoxy) is 2. The molecule has 15 heavy (non-hydrogen) atoms. The zero-order chi connectivity index (χ0) is 11.2. The van der Waals surface area contributed by atoms with E-state index in [-0.39, 0.29) is 5.79 Å². The second-order valence-corrected chi connectivity index (χ2v) is 6.42. The highest BCUT2D eigenvalue weighted by atomic mass is 16.7. The lowest BCUT2D eigenvalue weighted by Gasteiger charge is -2.49. The van der Waals surface area contributed by atoms with E-state index in [0.717, 1.165) is 26.1 Å². The van der Waals surface area contributed by atoms with E-state index in [1.807, 2.05) is 0 Å². The molecule has 2 nitrogen and oxygen atoms in total. The summed E-state index contributed by atoms with van der Waals surface area (Å²) in [6.07, 6.45) is 4.58. The van der Waals surface area contributed by atoms with Crippen LogP contribution in [0.5, 0.6) is 0 Å². The lowest BCUT2D eigenvalue weighted by molar-refractivity contribution is -0.198. The topological polar surface area (TPSA) is 18.5 Å². The van der Waals surface area contributed by atoms with Gasteiger partial charge in [0.1, 0.15) is 0 Å². The van der Waals surface area contributed by atoms with Gasteiger partial charge in [0.15, 0.2) is 5.79 Å². The van der Waals surface area contributed by atoms with E-state index in [1.54, 1.807) is 0 Å². The van der Waals surface area contributed by atoms with Crippen molar-refractivity contribution in [3.63, 3.8) is 0 Å². The first-order chi connectivity index (χ1) is 6.87. The zero-order valence-corrected chi connectivity index (χ0v) is 10.6. The van der Waals surface area contributed by atoms with Crippen LogP contribution in [0.2, 0.25) is 0 Å². The van der Waals surface area contributed by atoms with Crippen LogP contribution >= 0.6 is 0 Å². The van der Waals surface area contributed by atoms with Crippen molar-refractivity contribution in [2.75, 3.05) is 13.2 Å². The van der Waals surface area contributed by atoms with Crippen LogP contribution in [0.25, 0.3) is 0 Å². The molecule has 0 radical (unpaired) electrons. The highest BCUT2D eigenvalue weighted by Crippen LogP contribution is 2.52. The third-order valence-corrected chi connectivity index (χ3v) is 4.74. The molecule has 2 aliphatic rings. The van der Waals surface area contributed by atoms with Crippen LogP contribution in [0.1, 0.15) is 53.4 Å². The Bertz CT molecular complexity index is 223. The Labute approximate surface area is 93.3 Å². The Morgan fingerprint density at radius 1 is 0.867 bits per heavy atom. The highest BCUT2D eigenvalue weighted by molar-refractivity contribution is 4.94. The Kier molecular flexibility index (Phi) is 2.63. The van der Waals surface area contributed by atoms with Gasteiger partial charge in [-0.05, 0) is 23.7 Å². The maximum atomic E-state index is 5.77. The summed E-state index contributed by atoms with van der Waals surface area (Å²) in [5.74, 6) is -0.204. The van der Waals surface area contributed by atoms with Crippen molar-refractivity contribution in [1.82, 2.24) is 0 Å². The minimum Gasteiger partial charge on any atom is -0.348 e. The molecule has 0 atom stereocenters. The smallest absolute Gasteiger partial charge is 0.168 e. The Hall–Kier alpha value is -0.0800. The van der Waals surface area contributed by atoms with E-state index < -0.39 is 0 Å². The first-order valence-corrected chi connectivity index (χ1v) is 6.15. The zero-order valence-electron chi connectivity index (χ0n) is 10.6. The molecular formula is C13H24O2. The van der Waals surface area contributed by atoms with Gasteiger partial charge in [0.2, 0.25) is 0 Å². The third-order valence-electron chi connectivity index (χ3n) is 4.74. The molecule has 0 aromatic heterocycles. The summed E-state index contributed by atoms with van der Waals surface area (Å²) in [4.78, 5) is 0. The van der Waals surface area contributed by atoms with Crippen LogP contribution in [0.3, 0.4) is 0 Å². The number of hydrogen-bond donors (Lipinski definition) is 0. The molecule has 88 valence electrons. The van der Waals surface area contributed by atoms with Crippen molar-refractivity contribution < 1.29 is 9.47 Å². The first-order valence-electron chi connectivity index (χ1n) is 6.15. The number of rotatable bonds is 0. The van der Waals surface area contributed by atoms with E-state index in [2.05, 4.69) is 27.7 Å². The molecule has 2 fully saturated rings. The molecule has 0 aromatic carbocycles. The van der Waals surface area contributed by atoms with Crippen LogP contribution in [0.4, 0.5) is 0 Å². The fraction of sp³-hybridized carbons (Fsp3) is 1.00. The van der Waals surface area contributed by atoms with Crippen LogP contribution < -0.4 is 0 Å². The molecule has 0 unspecified atom stereocenters. The van der Waals surface area contributed by atoms with Gasteiger partial charge in [-0.1, -0.05) is 27.7 Å². The minimum absolute atomic E-state index is 0.204. The molecule has 1 spiro atoms. The fourth-order valence-corrected chi connectivity index (χ4v) is 2.72. The van der Waals surface area contributed by atoms with Crippen LogP contribution in [-0.4, -0.2) is 19.0 Å². The third kappa shape index (κ3) is 1.94. The predicted molar refractivity (Wildman–Crippen MR) is 60.7 cm³/mol. The molecule has 0 N–H and O–H groups in total. The molecular weight excluding hydrogens is 188 g/mol. The second-order valence-electron chi connectivity index (χ2n) is 6.42. The molecule has 0 aromatic rings. The summed E-state index contributed by atoms with van der Waals surface area (Å²) in [6, 6.07) is 0. The van der Waals surface area contributed by atoms with E-state index >= 15 is 0 Å². The standard InChI is InChI=1S/C13H24O2/c1-11(2,3)12(4)5-7-13(8-6-12)14-9-10-15-13/h5-10H2,1-4H3. The van der Waals surface area contributed by atoms with Gasteiger partial charge in [-0.15, -0.1) is 0 Å². The van der Waals surface area contributed by atoms with Gasteiger partial charge in [-0.25, -0.2) is 0 Å². The van der Waals surface area contributed by atoms with E-state index in [4.69, 9.17) is 9.47 Å². The molecule has 1 aliphatic heterocycles. The summed E-state index contributed by atoms with van der Waals surface area (Å²) in [7, 11) is 0. The molecule has 0 amide bonds. The monoisotopic (exact) mass is 212 g/mol. The van der Waals surface area contributed by atoms with Crippen molar-refractivity contribution in [2.24, 2.45) is 10.8 Å². The van der Waals surface area contributed by atoms with Gasteiger partial charge in [-0.3, -0.25) is 0 Å². The Morgan fingerprint density at radius 3 is 1.73 bits per heavy atom. The lowest BCUT2D eigenvalue weighted by Crippen LogP contribution is -2.44. The Balaban J connectivity index is 2.02. The van der Waals surface area contributed by atoms with Crippen LogP contribution in [0.15, 0.2) is 0 Å². The maximum absolute atomic E-state index is 5.77. The SMILES string of the molecule is CC(C)(C)C1(C)CCC2(CC1)OCCO2. The van der Waals surface area contributed by atoms with E-state index in [1.165, 1.54) is 12.8 Å². The molecule has 2 rings (SSSR count). The fourth-order valence-electron chi connectivity index (χ4n) is 2.72. The lowest BCUT2D eigenvalue weighted by atomic mass is 9.59. The van der Waals surface area contributed by atoms with Gasteiger partial charge in [0, 0.05) is 12.8 Å². The highest BCUT2D eigenvalue weighted by Gasteiger charge is 2.48. The molecule has 0 bridgehead atoms. The van der Waals surface area contributed by atoms with Gasteiger partial charge in [0.05, 0.1) is 13.2 Å². The van der Waals surface area contributed by atoms with Crippen molar-refractivity contribution in [1.29, 1.82) is 0 Å². The van der Waals surface area contributed by atoms with Crippen LogP contribution in [-0.2, 0) is 9.47 Å². The normalized spacial score (nSPS) is 29.6. The van der Waals surface area contributed by atoms with E-state index in [0.29, 0.717) is 10.8 Å². The second kappa shape index (κ2) is 3.46. The summed E-state index contributed by atoms with van der Waals surface area (Å²) < 4.78 is 11.5. The summed E-state index contributed by atoms with van der Waals surface area (Å²) in [5, 5.41) is 0. The average molecular weight is 212 g/mol. The quantitative estimate of drug-likeness (QED) is 0.613. The number of hydrogen-bond acceptors (Lipinski definition) is 2.